The van der Waals surface area contributed by atoms with Crippen LogP contribution in [0.1, 0.15) is 19.4 Å². The molecule has 1 N–H and O–H groups in total. The molecule has 0 spiro atoms. The van der Waals surface area contributed by atoms with Crippen LogP contribution in [-0.2, 0) is 11.2 Å². The van der Waals surface area contributed by atoms with Gasteiger partial charge in [-0.2, -0.15) is 0 Å². The van der Waals surface area contributed by atoms with Gasteiger partial charge in [-0.15, -0.1) is 24.0 Å². The minimum Gasteiger partial charge on any atom is -0.379 e. The highest BCUT2D eigenvalue weighted by Crippen LogP contribution is 2.27. The van der Waals surface area contributed by atoms with Crippen LogP contribution in [0.2, 0.25) is 0 Å². The first kappa shape index (κ1) is 19.5. The van der Waals surface area contributed by atoms with E-state index in [9.17, 15) is 0 Å². The molecule has 1 fully saturated rings. The Kier molecular flexibility index (Phi) is 7.77. The third kappa shape index (κ3) is 4.61. The highest BCUT2D eigenvalue weighted by Gasteiger charge is 2.23. The van der Waals surface area contributed by atoms with Crippen molar-refractivity contribution in [1.29, 1.82) is 0 Å². The van der Waals surface area contributed by atoms with E-state index in [1.165, 1.54) is 11.3 Å². The topological polar surface area (TPSA) is 40.1 Å². The lowest BCUT2D eigenvalue weighted by atomic mass is 10.2. The Morgan fingerprint density at radius 3 is 2.75 bits per heavy atom. The van der Waals surface area contributed by atoms with E-state index in [0.29, 0.717) is 6.04 Å². The molecule has 0 amide bonds. The second kappa shape index (κ2) is 9.58. The van der Waals surface area contributed by atoms with Crippen molar-refractivity contribution in [2.24, 2.45) is 4.99 Å². The number of anilines is 1. The van der Waals surface area contributed by atoms with Crippen LogP contribution in [0.15, 0.2) is 29.3 Å². The molecule has 2 heterocycles. The molecule has 1 atom stereocenters. The highest BCUT2D eigenvalue weighted by atomic mass is 127. The first-order valence-corrected chi connectivity index (χ1v) is 8.75. The highest BCUT2D eigenvalue weighted by molar-refractivity contribution is 14.0. The smallest absolute Gasteiger partial charge is 0.198 e. The molecular formula is C18H29IN4O. The zero-order chi connectivity index (χ0) is 16.1. The Bertz CT molecular complexity index is 546. The fourth-order valence-electron chi connectivity index (χ4n) is 3.31. The van der Waals surface area contributed by atoms with E-state index in [4.69, 9.17) is 9.73 Å². The van der Waals surface area contributed by atoms with Crippen LogP contribution in [0.4, 0.5) is 5.69 Å². The molecule has 3 rings (SSSR count). The zero-order valence-corrected chi connectivity index (χ0v) is 17.0. The van der Waals surface area contributed by atoms with Gasteiger partial charge >= 0.3 is 0 Å². The fourth-order valence-corrected chi connectivity index (χ4v) is 3.31. The van der Waals surface area contributed by atoms with Crippen LogP contribution in [0, 0.1) is 0 Å². The van der Waals surface area contributed by atoms with Crippen molar-refractivity contribution in [3.8, 4) is 0 Å². The van der Waals surface area contributed by atoms with Crippen molar-refractivity contribution >= 4 is 35.6 Å². The number of hydrogen-bond acceptors (Lipinski definition) is 3. The largest absolute Gasteiger partial charge is 0.379 e. The number of rotatable bonds is 4. The molecule has 2 aliphatic rings. The van der Waals surface area contributed by atoms with E-state index in [2.05, 4.69) is 53.2 Å². The Balaban J connectivity index is 0.00000208. The van der Waals surface area contributed by atoms with Crippen molar-refractivity contribution in [3.05, 3.63) is 29.8 Å². The second-order valence-electron chi connectivity index (χ2n) is 6.22. The van der Waals surface area contributed by atoms with Gasteiger partial charge in [0.05, 0.1) is 19.8 Å². The number of para-hydroxylation sites is 1. The molecule has 6 heteroatoms. The van der Waals surface area contributed by atoms with Crippen molar-refractivity contribution in [2.45, 2.75) is 26.3 Å². The molecular weight excluding hydrogens is 415 g/mol. The predicted octanol–water partition coefficient (Wildman–Crippen LogP) is 2.35. The average molecular weight is 444 g/mol. The third-order valence-corrected chi connectivity index (χ3v) is 4.65. The maximum absolute atomic E-state index is 5.44. The molecule has 0 bridgehead atoms. The summed E-state index contributed by atoms with van der Waals surface area (Å²) in [5.74, 6) is 1.01. The maximum atomic E-state index is 5.44. The number of hydrogen-bond donors (Lipinski definition) is 1. The number of benzene rings is 1. The summed E-state index contributed by atoms with van der Waals surface area (Å²) < 4.78 is 5.44. The van der Waals surface area contributed by atoms with Crippen molar-refractivity contribution < 1.29 is 4.74 Å². The van der Waals surface area contributed by atoms with Crippen LogP contribution < -0.4 is 10.2 Å². The molecule has 0 aliphatic carbocycles. The van der Waals surface area contributed by atoms with Gasteiger partial charge in [-0.25, -0.2) is 0 Å². The number of fused-ring (bicyclic) bond motifs is 1. The van der Waals surface area contributed by atoms with E-state index in [0.717, 1.165) is 58.3 Å². The number of morpholine rings is 1. The van der Waals surface area contributed by atoms with Gasteiger partial charge in [0.15, 0.2) is 5.96 Å². The van der Waals surface area contributed by atoms with Crippen molar-refractivity contribution in [2.75, 3.05) is 50.8 Å². The van der Waals surface area contributed by atoms with E-state index < -0.39 is 0 Å². The molecule has 2 aliphatic heterocycles. The van der Waals surface area contributed by atoms with E-state index in [-0.39, 0.29) is 24.0 Å². The van der Waals surface area contributed by atoms with Gasteiger partial charge in [-0.1, -0.05) is 18.2 Å². The molecule has 24 heavy (non-hydrogen) atoms. The molecule has 0 aromatic heterocycles. The second-order valence-corrected chi connectivity index (χ2v) is 6.22. The van der Waals surface area contributed by atoms with Crippen LogP contribution in [-0.4, -0.2) is 62.8 Å². The Morgan fingerprint density at radius 1 is 1.25 bits per heavy atom. The monoisotopic (exact) mass is 444 g/mol. The molecule has 1 aromatic carbocycles. The summed E-state index contributed by atoms with van der Waals surface area (Å²) >= 11 is 0. The molecule has 134 valence electrons. The summed E-state index contributed by atoms with van der Waals surface area (Å²) in [6.45, 7) is 10.8. The SMILES string of the molecule is CCNC(=NCC(C)N1CCOCC1)N1CCc2ccccc21.I. The van der Waals surface area contributed by atoms with Gasteiger partial charge in [-0.05, 0) is 31.9 Å². The van der Waals surface area contributed by atoms with Crippen molar-refractivity contribution in [3.63, 3.8) is 0 Å². The Hall–Kier alpha value is -0.860. The van der Waals surface area contributed by atoms with Gasteiger partial charge in [0, 0.05) is 37.9 Å². The molecule has 0 radical (unpaired) electrons. The summed E-state index contributed by atoms with van der Waals surface area (Å²) in [5.41, 5.74) is 2.71. The van der Waals surface area contributed by atoms with Gasteiger partial charge in [0.2, 0.25) is 0 Å². The molecule has 1 unspecified atom stereocenters. The summed E-state index contributed by atoms with van der Waals surface area (Å²) in [7, 11) is 0. The van der Waals surface area contributed by atoms with E-state index in [1.807, 2.05) is 0 Å². The van der Waals surface area contributed by atoms with Gasteiger partial charge < -0.3 is 15.0 Å². The number of ether oxygens (including phenoxy) is 1. The summed E-state index contributed by atoms with van der Waals surface area (Å²) in [4.78, 5) is 9.71. The number of nitrogens with zero attached hydrogens (tertiary/aromatic N) is 3. The minimum atomic E-state index is 0. The quantitative estimate of drug-likeness (QED) is 0.440. The molecule has 0 saturated carbocycles. The van der Waals surface area contributed by atoms with Crippen LogP contribution in [0.5, 0.6) is 0 Å². The number of guanidine groups is 1. The minimum absolute atomic E-state index is 0. The summed E-state index contributed by atoms with van der Waals surface area (Å²) in [5, 5.41) is 3.46. The maximum Gasteiger partial charge on any atom is 0.198 e. The van der Waals surface area contributed by atoms with Crippen molar-refractivity contribution in [1.82, 2.24) is 10.2 Å². The Morgan fingerprint density at radius 2 is 2.00 bits per heavy atom. The van der Waals surface area contributed by atoms with E-state index >= 15 is 0 Å². The lowest BCUT2D eigenvalue weighted by Crippen LogP contribution is -2.45. The lowest BCUT2D eigenvalue weighted by molar-refractivity contribution is 0.0220. The van der Waals surface area contributed by atoms with Gasteiger partial charge in [-0.3, -0.25) is 9.89 Å². The lowest BCUT2D eigenvalue weighted by Gasteiger charge is -2.32. The fraction of sp³-hybridized carbons (Fsp3) is 0.611. The van der Waals surface area contributed by atoms with Crippen LogP contribution >= 0.6 is 24.0 Å². The molecule has 1 aromatic rings. The van der Waals surface area contributed by atoms with Crippen LogP contribution in [0.25, 0.3) is 0 Å². The average Bonchev–Trinajstić information content (AvgIpc) is 3.03. The Labute approximate surface area is 162 Å². The van der Waals surface area contributed by atoms with E-state index in [1.54, 1.807) is 0 Å². The van der Waals surface area contributed by atoms with Gasteiger partial charge in [0.1, 0.15) is 0 Å². The number of halogens is 1. The zero-order valence-electron chi connectivity index (χ0n) is 14.7. The molecule has 1 saturated heterocycles. The predicted molar refractivity (Wildman–Crippen MR) is 111 cm³/mol. The first-order chi connectivity index (χ1) is 11.3. The third-order valence-electron chi connectivity index (χ3n) is 4.65. The number of nitrogens with one attached hydrogen (secondary N) is 1. The standard InChI is InChI=1S/C18H28N4O.HI/c1-3-19-18(20-14-15(2)21-10-12-23-13-11-21)22-9-8-16-6-4-5-7-17(16)22;/h4-7,15H,3,8-14H2,1-2H3,(H,19,20);1H. The van der Waals surface area contributed by atoms with Crippen LogP contribution in [0.3, 0.4) is 0 Å². The summed E-state index contributed by atoms with van der Waals surface area (Å²) in [6.07, 6.45) is 1.10. The number of aliphatic imine (C=N–C) groups is 1. The molecule has 5 nitrogen and oxygen atoms in total. The normalized spacial score (nSPS) is 19.6. The van der Waals surface area contributed by atoms with Gasteiger partial charge in [0.25, 0.3) is 0 Å². The first-order valence-electron chi connectivity index (χ1n) is 8.75. The summed E-state index contributed by atoms with van der Waals surface area (Å²) in [6, 6.07) is 9.09.